The minimum atomic E-state index is -3.65. The van der Waals surface area contributed by atoms with Crippen molar-refractivity contribution in [3.05, 3.63) is 59.7 Å². The second-order valence-electron chi connectivity index (χ2n) is 6.98. The Morgan fingerprint density at radius 3 is 2.26 bits per heavy atom. The zero-order valence-electron chi connectivity index (χ0n) is 17.9. The maximum Gasteiger partial charge on any atom is 0.338 e. The lowest BCUT2D eigenvalue weighted by molar-refractivity contribution is -0.124. The molecule has 2 aromatic carbocycles. The van der Waals surface area contributed by atoms with Gasteiger partial charge in [-0.05, 0) is 61.7 Å². The normalized spacial score (nSPS) is 12.1. The number of esters is 1. The van der Waals surface area contributed by atoms with Crippen LogP contribution in [0.3, 0.4) is 0 Å². The predicted molar refractivity (Wildman–Crippen MR) is 117 cm³/mol. The summed E-state index contributed by atoms with van der Waals surface area (Å²) >= 11 is 0. The Bertz CT molecular complexity index is 972. The molecule has 1 unspecified atom stereocenters. The number of rotatable bonds is 11. The fourth-order valence-electron chi connectivity index (χ4n) is 2.59. The molecule has 1 atom stereocenters. The smallest absolute Gasteiger partial charge is 0.338 e. The Labute approximate surface area is 183 Å². The van der Waals surface area contributed by atoms with E-state index < -0.39 is 28.5 Å². The SMILES string of the molecule is CCC(C)NS(=O)(=O)c1ccc(C(=O)OCC(=O)NCCc2ccc(OC)cc2)cc1. The molecular formula is C22H28N2O6S. The molecule has 0 aromatic heterocycles. The third kappa shape index (κ3) is 7.69. The molecule has 0 radical (unpaired) electrons. The van der Waals surface area contributed by atoms with Crippen LogP contribution in [0.1, 0.15) is 36.2 Å². The van der Waals surface area contributed by atoms with Crippen LogP contribution in [0.2, 0.25) is 0 Å². The van der Waals surface area contributed by atoms with E-state index >= 15 is 0 Å². The summed E-state index contributed by atoms with van der Waals surface area (Å²) in [7, 11) is -2.05. The van der Waals surface area contributed by atoms with Crippen molar-refractivity contribution in [2.45, 2.75) is 37.6 Å². The lowest BCUT2D eigenvalue weighted by Gasteiger charge is -2.12. The van der Waals surface area contributed by atoms with E-state index in [1.807, 2.05) is 31.2 Å². The fourth-order valence-corrected chi connectivity index (χ4v) is 3.92. The van der Waals surface area contributed by atoms with Crippen molar-refractivity contribution < 1.29 is 27.5 Å². The molecule has 0 heterocycles. The minimum absolute atomic E-state index is 0.0561. The lowest BCUT2D eigenvalue weighted by atomic mass is 10.1. The first-order valence-electron chi connectivity index (χ1n) is 9.94. The molecule has 9 heteroatoms. The molecule has 0 bridgehead atoms. The fraction of sp³-hybridized carbons (Fsp3) is 0.364. The molecule has 0 fully saturated rings. The summed E-state index contributed by atoms with van der Waals surface area (Å²) < 4.78 is 37.1. The molecule has 0 aliphatic carbocycles. The molecular weight excluding hydrogens is 420 g/mol. The Balaban J connectivity index is 1.78. The first kappa shape index (κ1) is 24.4. The molecule has 0 spiro atoms. The summed E-state index contributed by atoms with van der Waals surface area (Å²) in [6.07, 6.45) is 1.29. The number of ether oxygens (including phenoxy) is 2. The van der Waals surface area contributed by atoms with E-state index in [2.05, 4.69) is 10.0 Å². The number of methoxy groups -OCH3 is 1. The van der Waals surface area contributed by atoms with Gasteiger partial charge in [0.25, 0.3) is 5.91 Å². The van der Waals surface area contributed by atoms with Gasteiger partial charge in [0.15, 0.2) is 6.61 Å². The average Bonchev–Trinajstić information content (AvgIpc) is 2.77. The Morgan fingerprint density at radius 2 is 1.68 bits per heavy atom. The topological polar surface area (TPSA) is 111 Å². The van der Waals surface area contributed by atoms with Gasteiger partial charge in [0.2, 0.25) is 10.0 Å². The minimum Gasteiger partial charge on any atom is -0.497 e. The van der Waals surface area contributed by atoms with Crippen molar-refractivity contribution in [1.29, 1.82) is 0 Å². The number of sulfonamides is 1. The largest absolute Gasteiger partial charge is 0.497 e. The number of benzene rings is 2. The Kier molecular flexibility index (Phi) is 9.02. The highest BCUT2D eigenvalue weighted by Crippen LogP contribution is 2.13. The standard InChI is InChI=1S/C22H28N2O6S/c1-4-16(2)24-31(27,28)20-11-7-18(8-12-20)22(26)30-15-21(25)23-14-13-17-5-9-19(29-3)10-6-17/h5-12,16,24H,4,13-15H2,1-3H3,(H,23,25). The monoisotopic (exact) mass is 448 g/mol. The van der Waals surface area contributed by atoms with Gasteiger partial charge in [-0.2, -0.15) is 0 Å². The highest BCUT2D eigenvalue weighted by atomic mass is 32.2. The molecule has 0 saturated carbocycles. The maximum atomic E-state index is 12.2. The van der Waals surface area contributed by atoms with E-state index in [9.17, 15) is 18.0 Å². The Hall–Kier alpha value is -2.91. The van der Waals surface area contributed by atoms with Gasteiger partial charge < -0.3 is 14.8 Å². The van der Waals surface area contributed by atoms with Crippen molar-refractivity contribution in [3.63, 3.8) is 0 Å². The summed E-state index contributed by atoms with van der Waals surface area (Å²) in [6, 6.07) is 12.7. The van der Waals surface area contributed by atoms with Crippen LogP contribution in [0.15, 0.2) is 53.4 Å². The molecule has 0 aliphatic heterocycles. The number of hydrogen-bond donors (Lipinski definition) is 2. The second kappa shape index (κ2) is 11.5. The highest BCUT2D eigenvalue weighted by Gasteiger charge is 2.17. The van der Waals surface area contributed by atoms with Crippen LogP contribution in [0.5, 0.6) is 5.75 Å². The summed E-state index contributed by atoms with van der Waals surface area (Å²) in [6.45, 7) is 3.63. The van der Waals surface area contributed by atoms with Crippen LogP contribution in [0.4, 0.5) is 0 Å². The van der Waals surface area contributed by atoms with Gasteiger partial charge in [0.05, 0.1) is 17.6 Å². The second-order valence-corrected chi connectivity index (χ2v) is 8.69. The molecule has 2 aromatic rings. The Morgan fingerprint density at radius 1 is 1.03 bits per heavy atom. The highest BCUT2D eigenvalue weighted by molar-refractivity contribution is 7.89. The van der Waals surface area contributed by atoms with E-state index in [0.717, 1.165) is 11.3 Å². The van der Waals surface area contributed by atoms with Crippen LogP contribution in [0, 0.1) is 0 Å². The molecule has 31 heavy (non-hydrogen) atoms. The first-order chi connectivity index (χ1) is 14.7. The number of amides is 1. The van der Waals surface area contributed by atoms with Crippen molar-refractivity contribution in [3.8, 4) is 5.75 Å². The maximum absolute atomic E-state index is 12.2. The predicted octanol–water partition coefficient (Wildman–Crippen LogP) is 2.29. The van der Waals surface area contributed by atoms with E-state index in [1.54, 1.807) is 14.0 Å². The average molecular weight is 449 g/mol. The summed E-state index contributed by atoms with van der Waals surface area (Å²) in [4.78, 5) is 24.1. The van der Waals surface area contributed by atoms with Gasteiger partial charge in [-0.15, -0.1) is 0 Å². The summed E-state index contributed by atoms with van der Waals surface area (Å²) in [5, 5.41) is 2.68. The van der Waals surface area contributed by atoms with E-state index in [0.29, 0.717) is 19.4 Å². The summed E-state index contributed by atoms with van der Waals surface area (Å²) in [5.41, 5.74) is 1.20. The third-order valence-corrected chi connectivity index (χ3v) is 6.20. The number of carbonyl (C=O) groups is 2. The molecule has 0 aliphatic rings. The molecule has 1 amide bonds. The zero-order valence-corrected chi connectivity index (χ0v) is 18.7. The lowest BCUT2D eigenvalue weighted by Crippen LogP contribution is -2.32. The van der Waals surface area contributed by atoms with Gasteiger partial charge in [-0.25, -0.2) is 17.9 Å². The first-order valence-corrected chi connectivity index (χ1v) is 11.4. The van der Waals surface area contributed by atoms with Crippen LogP contribution >= 0.6 is 0 Å². The third-order valence-electron chi connectivity index (χ3n) is 4.60. The van der Waals surface area contributed by atoms with Gasteiger partial charge in [-0.3, -0.25) is 4.79 Å². The molecule has 0 saturated heterocycles. The number of nitrogens with one attached hydrogen (secondary N) is 2. The quantitative estimate of drug-likeness (QED) is 0.510. The van der Waals surface area contributed by atoms with Crippen LogP contribution in [-0.2, 0) is 26.0 Å². The van der Waals surface area contributed by atoms with Crippen LogP contribution in [-0.4, -0.2) is 46.6 Å². The molecule has 2 rings (SSSR count). The van der Waals surface area contributed by atoms with Crippen molar-refractivity contribution in [1.82, 2.24) is 10.0 Å². The van der Waals surface area contributed by atoms with E-state index in [-0.39, 0.29) is 16.5 Å². The van der Waals surface area contributed by atoms with Gasteiger partial charge >= 0.3 is 5.97 Å². The van der Waals surface area contributed by atoms with Crippen molar-refractivity contribution in [2.75, 3.05) is 20.3 Å². The number of hydrogen-bond acceptors (Lipinski definition) is 6. The van der Waals surface area contributed by atoms with Crippen LogP contribution < -0.4 is 14.8 Å². The van der Waals surface area contributed by atoms with Gasteiger partial charge in [0.1, 0.15) is 5.75 Å². The molecule has 2 N–H and O–H groups in total. The summed E-state index contributed by atoms with van der Waals surface area (Å²) in [5.74, 6) is -0.361. The van der Waals surface area contributed by atoms with E-state index in [1.165, 1.54) is 24.3 Å². The zero-order chi connectivity index (χ0) is 22.9. The van der Waals surface area contributed by atoms with Gasteiger partial charge in [-0.1, -0.05) is 19.1 Å². The molecule has 8 nitrogen and oxygen atoms in total. The van der Waals surface area contributed by atoms with E-state index in [4.69, 9.17) is 9.47 Å². The van der Waals surface area contributed by atoms with Crippen molar-refractivity contribution >= 4 is 21.9 Å². The van der Waals surface area contributed by atoms with Gasteiger partial charge in [0, 0.05) is 12.6 Å². The molecule has 168 valence electrons. The number of carbonyl (C=O) groups excluding carboxylic acids is 2. The van der Waals surface area contributed by atoms with Crippen LogP contribution in [0.25, 0.3) is 0 Å². The van der Waals surface area contributed by atoms with Crippen molar-refractivity contribution in [2.24, 2.45) is 0 Å².